The summed E-state index contributed by atoms with van der Waals surface area (Å²) in [6, 6.07) is 8.37. The zero-order valence-electron chi connectivity index (χ0n) is 13.2. The zero-order valence-corrected chi connectivity index (χ0v) is 13.2. The largest absolute Gasteiger partial charge is 0.310 e. The number of rotatable bonds is 5. The van der Waals surface area contributed by atoms with Gasteiger partial charge in [0, 0.05) is 11.7 Å². The van der Waals surface area contributed by atoms with E-state index >= 15 is 0 Å². The smallest absolute Gasteiger partial charge is 0.255 e. The molecule has 1 heterocycles. The molecule has 0 saturated carbocycles. The molecule has 1 aromatic carbocycles. The minimum atomic E-state index is -0.0455. The van der Waals surface area contributed by atoms with E-state index in [0.717, 1.165) is 24.2 Å². The third-order valence-electron chi connectivity index (χ3n) is 3.80. The number of benzene rings is 1. The summed E-state index contributed by atoms with van der Waals surface area (Å²) in [7, 11) is 0. The first-order chi connectivity index (χ1) is 9.99. The first kappa shape index (κ1) is 15.4. The van der Waals surface area contributed by atoms with Crippen LogP contribution >= 0.6 is 0 Å². The predicted octanol–water partition coefficient (Wildman–Crippen LogP) is 2.59. The van der Waals surface area contributed by atoms with Gasteiger partial charge in [0.2, 0.25) is 0 Å². The van der Waals surface area contributed by atoms with Crippen molar-refractivity contribution in [3.05, 3.63) is 62.8 Å². The van der Waals surface area contributed by atoms with Crippen LogP contribution < -0.4 is 10.9 Å². The molecule has 0 saturated heterocycles. The van der Waals surface area contributed by atoms with Gasteiger partial charge in [0.25, 0.3) is 5.56 Å². The predicted molar refractivity (Wildman–Crippen MR) is 85.6 cm³/mol. The Bertz CT molecular complexity index is 676. The molecule has 2 N–H and O–H groups in total. The summed E-state index contributed by atoms with van der Waals surface area (Å²) < 4.78 is 0. The third kappa shape index (κ3) is 3.79. The average Bonchev–Trinajstić information content (AvgIpc) is 2.39. The Morgan fingerprint density at radius 2 is 1.95 bits per heavy atom. The molecule has 2 aromatic rings. The summed E-state index contributed by atoms with van der Waals surface area (Å²) in [5, 5.41) is 3.42. The van der Waals surface area contributed by atoms with Gasteiger partial charge in [-0.25, -0.2) is 4.98 Å². The van der Waals surface area contributed by atoms with Crippen LogP contribution in [0.15, 0.2) is 29.1 Å². The first-order valence-electron chi connectivity index (χ1n) is 7.34. The molecule has 0 amide bonds. The summed E-state index contributed by atoms with van der Waals surface area (Å²) in [4.78, 5) is 19.2. The highest BCUT2D eigenvalue weighted by atomic mass is 16.1. The SMILES string of the molecule is Cc1nc(C)c(C(C)NCCc2ccccc2C)c(=O)[nH]1. The minimum absolute atomic E-state index is 0.00846. The number of nitrogens with zero attached hydrogens (tertiary/aromatic N) is 1. The van der Waals surface area contributed by atoms with Crippen LogP contribution in [0.1, 0.15) is 41.2 Å². The fourth-order valence-electron chi connectivity index (χ4n) is 2.66. The molecule has 4 heteroatoms. The van der Waals surface area contributed by atoms with Gasteiger partial charge in [0.1, 0.15) is 5.82 Å². The molecule has 1 atom stereocenters. The summed E-state index contributed by atoms with van der Waals surface area (Å²) >= 11 is 0. The number of aromatic amines is 1. The quantitative estimate of drug-likeness (QED) is 0.887. The molecule has 2 rings (SSSR count). The van der Waals surface area contributed by atoms with Gasteiger partial charge in [-0.2, -0.15) is 0 Å². The maximum Gasteiger partial charge on any atom is 0.255 e. The second kappa shape index (κ2) is 6.68. The summed E-state index contributed by atoms with van der Waals surface area (Å²) in [5.41, 5.74) is 4.12. The van der Waals surface area contributed by atoms with E-state index < -0.39 is 0 Å². The van der Waals surface area contributed by atoms with Crippen LogP contribution in [0.2, 0.25) is 0 Å². The lowest BCUT2D eigenvalue weighted by molar-refractivity contribution is 0.564. The molecule has 4 nitrogen and oxygen atoms in total. The lowest BCUT2D eigenvalue weighted by atomic mass is 10.0. The fraction of sp³-hybridized carbons (Fsp3) is 0.412. The van der Waals surface area contributed by atoms with Crippen molar-refractivity contribution in [3.8, 4) is 0 Å². The van der Waals surface area contributed by atoms with Crippen LogP contribution in [0, 0.1) is 20.8 Å². The van der Waals surface area contributed by atoms with Crippen LogP contribution in [-0.2, 0) is 6.42 Å². The van der Waals surface area contributed by atoms with E-state index in [1.54, 1.807) is 6.92 Å². The van der Waals surface area contributed by atoms with E-state index in [9.17, 15) is 4.79 Å². The normalized spacial score (nSPS) is 12.4. The minimum Gasteiger partial charge on any atom is -0.310 e. The number of nitrogens with one attached hydrogen (secondary N) is 2. The number of hydrogen-bond donors (Lipinski definition) is 2. The summed E-state index contributed by atoms with van der Waals surface area (Å²) in [5.74, 6) is 0.661. The molecular weight excluding hydrogens is 262 g/mol. The molecule has 0 spiro atoms. The Hall–Kier alpha value is -1.94. The van der Waals surface area contributed by atoms with Crippen molar-refractivity contribution in [1.29, 1.82) is 0 Å². The van der Waals surface area contributed by atoms with Crippen LogP contribution in [0.5, 0.6) is 0 Å². The maximum atomic E-state index is 12.1. The van der Waals surface area contributed by atoms with Crippen LogP contribution in [0.25, 0.3) is 0 Å². The molecule has 0 aliphatic heterocycles. The lowest BCUT2D eigenvalue weighted by Crippen LogP contribution is -2.29. The van der Waals surface area contributed by atoms with Crippen LogP contribution in [0.3, 0.4) is 0 Å². The lowest BCUT2D eigenvalue weighted by Gasteiger charge is -2.16. The van der Waals surface area contributed by atoms with Gasteiger partial charge in [-0.15, -0.1) is 0 Å². The molecule has 21 heavy (non-hydrogen) atoms. The molecule has 0 bridgehead atoms. The van der Waals surface area contributed by atoms with Crippen LogP contribution in [-0.4, -0.2) is 16.5 Å². The van der Waals surface area contributed by atoms with Gasteiger partial charge in [0.05, 0.1) is 5.56 Å². The maximum absolute atomic E-state index is 12.1. The molecule has 0 aliphatic carbocycles. The first-order valence-corrected chi connectivity index (χ1v) is 7.34. The van der Waals surface area contributed by atoms with Gasteiger partial charge in [-0.3, -0.25) is 4.79 Å². The van der Waals surface area contributed by atoms with Gasteiger partial charge in [0.15, 0.2) is 0 Å². The van der Waals surface area contributed by atoms with E-state index in [0.29, 0.717) is 5.82 Å². The topological polar surface area (TPSA) is 57.8 Å². The van der Waals surface area contributed by atoms with Crippen LogP contribution in [0.4, 0.5) is 0 Å². The van der Waals surface area contributed by atoms with Gasteiger partial charge in [-0.1, -0.05) is 24.3 Å². The third-order valence-corrected chi connectivity index (χ3v) is 3.80. The van der Waals surface area contributed by atoms with Crippen molar-refractivity contribution in [2.45, 2.75) is 40.2 Å². The Morgan fingerprint density at radius 3 is 2.62 bits per heavy atom. The van der Waals surface area contributed by atoms with E-state index in [-0.39, 0.29) is 11.6 Å². The molecule has 112 valence electrons. The van der Waals surface area contributed by atoms with Crippen molar-refractivity contribution < 1.29 is 0 Å². The average molecular weight is 285 g/mol. The van der Waals surface area contributed by atoms with Crippen molar-refractivity contribution in [3.63, 3.8) is 0 Å². The highest BCUT2D eigenvalue weighted by Crippen LogP contribution is 2.12. The standard InChI is InChI=1S/C17H23N3O/c1-11-7-5-6-8-15(11)9-10-18-12(2)16-13(3)19-14(4)20-17(16)21/h5-8,12,18H,9-10H2,1-4H3,(H,19,20,21). The number of aryl methyl sites for hydroxylation is 3. The van der Waals surface area contributed by atoms with Crippen molar-refractivity contribution in [1.82, 2.24) is 15.3 Å². The van der Waals surface area contributed by atoms with E-state index in [1.807, 2.05) is 13.8 Å². The molecule has 0 radical (unpaired) electrons. The van der Waals surface area contributed by atoms with Gasteiger partial charge < -0.3 is 10.3 Å². The zero-order chi connectivity index (χ0) is 15.4. The molecule has 0 fully saturated rings. The Labute approximate surface area is 125 Å². The summed E-state index contributed by atoms with van der Waals surface area (Å²) in [6.07, 6.45) is 0.952. The Kier molecular flexibility index (Phi) is 4.91. The second-order valence-electron chi connectivity index (χ2n) is 5.50. The second-order valence-corrected chi connectivity index (χ2v) is 5.50. The fourth-order valence-corrected chi connectivity index (χ4v) is 2.66. The van der Waals surface area contributed by atoms with Gasteiger partial charge >= 0.3 is 0 Å². The number of hydrogen-bond acceptors (Lipinski definition) is 3. The van der Waals surface area contributed by atoms with Gasteiger partial charge in [-0.05, 0) is 51.8 Å². The van der Waals surface area contributed by atoms with Crippen molar-refractivity contribution in [2.75, 3.05) is 6.54 Å². The molecule has 1 aromatic heterocycles. The summed E-state index contributed by atoms with van der Waals surface area (Å²) in [6.45, 7) is 8.65. The molecular formula is C17H23N3O. The molecule has 1 unspecified atom stereocenters. The number of aromatic nitrogens is 2. The molecule has 0 aliphatic rings. The van der Waals surface area contributed by atoms with Crippen molar-refractivity contribution >= 4 is 0 Å². The monoisotopic (exact) mass is 285 g/mol. The van der Waals surface area contributed by atoms with Crippen molar-refractivity contribution in [2.24, 2.45) is 0 Å². The van der Waals surface area contributed by atoms with E-state index in [1.165, 1.54) is 11.1 Å². The Morgan fingerprint density at radius 1 is 1.24 bits per heavy atom. The number of H-pyrrole nitrogens is 1. The highest BCUT2D eigenvalue weighted by molar-refractivity contribution is 5.26. The van der Waals surface area contributed by atoms with E-state index in [4.69, 9.17) is 0 Å². The Balaban J connectivity index is 2.01. The van der Waals surface area contributed by atoms with E-state index in [2.05, 4.69) is 46.5 Å². The highest BCUT2D eigenvalue weighted by Gasteiger charge is 2.13.